The van der Waals surface area contributed by atoms with E-state index in [0.29, 0.717) is 18.8 Å². The van der Waals surface area contributed by atoms with Crippen molar-refractivity contribution < 1.29 is 23.1 Å². The minimum absolute atomic E-state index is 0.208. The van der Waals surface area contributed by atoms with Gasteiger partial charge in [-0.05, 0) is 30.6 Å². The van der Waals surface area contributed by atoms with E-state index in [9.17, 15) is 28.4 Å². The lowest BCUT2D eigenvalue weighted by Gasteiger charge is -2.33. The van der Waals surface area contributed by atoms with Crippen LogP contribution in [0.5, 0.6) is 0 Å². The summed E-state index contributed by atoms with van der Waals surface area (Å²) in [4.78, 5) is 25.5. The molecule has 1 saturated heterocycles. The van der Waals surface area contributed by atoms with Crippen molar-refractivity contribution in [3.8, 4) is 6.07 Å². The maximum absolute atomic E-state index is 12.7. The van der Waals surface area contributed by atoms with Gasteiger partial charge in [-0.15, -0.1) is 0 Å². The van der Waals surface area contributed by atoms with Crippen LogP contribution in [-0.4, -0.2) is 78.8 Å². The molecule has 1 aromatic carbocycles. The summed E-state index contributed by atoms with van der Waals surface area (Å²) >= 11 is 1.46. The van der Waals surface area contributed by atoms with Gasteiger partial charge in [0.25, 0.3) is 5.91 Å². The zero-order valence-corrected chi connectivity index (χ0v) is 18.2. The van der Waals surface area contributed by atoms with Crippen LogP contribution in [-0.2, 0) is 19.6 Å². The van der Waals surface area contributed by atoms with Crippen LogP contribution in [0.25, 0.3) is 0 Å². The van der Waals surface area contributed by atoms with Gasteiger partial charge in [0.2, 0.25) is 10.0 Å². The van der Waals surface area contributed by atoms with Crippen LogP contribution < -0.4 is 5.32 Å². The smallest absolute Gasteiger partial charge is 0.326 e. The van der Waals surface area contributed by atoms with Gasteiger partial charge in [-0.3, -0.25) is 4.79 Å². The van der Waals surface area contributed by atoms with Gasteiger partial charge in [-0.1, -0.05) is 18.2 Å². The van der Waals surface area contributed by atoms with Crippen LogP contribution in [0.4, 0.5) is 0 Å². The van der Waals surface area contributed by atoms with Crippen molar-refractivity contribution in [2.45, 2.75) is 17.4 Å². The number of piperazine rings is 1. The fourth-order valence-electron chi connectivity index (χ4n) is 2.86. The zero-order valence-electron chi connectivity index (χ0n) is 16.5. The Balaban J connectivity index is 2.01. The molecule has 1 aliphatic rings. The Kier molecular flexibility index (Phi) is 8.71. The van der Waals surface area contributed by atoms with Gasteiger partial charge in [0.1, 0.15) is 17.7 Å². The number of carbonyl (C=O) groups excluding carboxylic acids is 1. The van der Waals surface area contributed by atoms with Crippen molar-refractivity contribution in [2.75, 3.05) is 38.2 Å². The molecule has 1 unspecified atom stereocenters. The summed E-state index contributed by atoms with van der Waals surface area (Å²) in [5.74, 6) is -1.36. The van der Waals surface area contributed by atoms with E-state index in [-0.39, 0.29) is 30.0 Å². The fourth-order valence-corrected chi connectivity index (χ4v) is 4.78. The molecule has 2 N–H and O–H groups in total. The lowest BCUT2D eigenvalue weighted by atomic mass is 10.2. The maximum atomic E-state index is 12.7. The number of sulfonamides is 1. The highest BCUT2D eigenvalue weighted by atomic mass is 32.2. The Morgan fingerprint density at radius 3 is 2.43 bits per heavy atom. The topological polar surface area (TPSA) is 131 Å². The molecule has 1 aliphatic heterocycles. The summed E-state index contributed by atoms with van der Waals surface area (Å²) in [6.45, 7) is 1.03. The number of nitriles is 1. The summed E-state index contributed by atoms with van der Waals surface area (Å²) in [5, 5.41) is 20.9. The summed E-state index contributed by atoms with van der Waals surface area (Å²) in [7, 11) is -3.60. The highest BCUT2D eigenvalue weighted by molar-refractivity contribution is 7.98. The number of hydrogen-bond acceptors (Lipinski definition) is 7. The van der Waals surface area contributed by atoms with Crippen LogP contribution in [0.15, 0.2) is 47.0 Å². The number of carboxylic acid groups (broad SMARTS) is 1. The first-order chi connectivity index (χ1) is 14.3. The third kappa shape index (κ3) is 6.22. The monoisotopic (exact) mass is 452 g/mol. The second-order valence-corrected chi connectivity index (χ2v) is 9.48. The van der Waals surface area contributed by atoms with E-state index in [2.05, 4.69) is 5.32 Å². The zero-order chi connectivity index (χ0) is 22.1. The number of carboxylic acids is 1. The molecule has 1 amide bonds. The number of amides is 1. The number of rotatable bonds is 9. The summed E-state index contributed by atoms with van der Waals surface area (Å²) in [6, 6.07) is 8.86. The number of hydrogen-bond donors (Lipinski definition) is 2. The first-order valence-corrected chi connectivity index (χ1v) is 12.1. The molecular weight excluding hydrogens is 428 g/mol. The maximum Gasteiger partial charge on any atom is 0.326 e. The normalized spacial score (nSPS) is 16.5. The minimum atomic E-state index is -3.60. The number of thioether (sulfide) groups is 1. The van der Waals surface area contributed by atoms with Crippen LogP contribution in [0, 0.1) is 11.3 Å². The first kappa shape index (κ1) is 23.7. The van der Waals surface area contributed by atoms with E-state index < -0.39 is 27.9 Å². The minimum Gasteiger partial charge on any atom is -0.480 e. The Bertz CT molecular complexity index is 920. The molecule has 0 aromatic heterocycles. The van der Waals surface area contributed by atoms with Crippen LogP contribution >= 0.6 is 11.8 Å². The second-order valence-electron chi connectivity index (χ2n) is 6.55. The highest BCUT2D eigenvalue weighted by Crippen LogP contribution is 2.17. The molecule has 1 heterocycles. The van der Waals surface area contributed by atoms with E-state index in [1.54, 1.807) is 29.2 Å². The largest absolute Gasteiger partial charge is 0.480 e. The summed E-state index contributed by atoms with van der Waals surface area (Å²) in [5.41, 5.74) is -0.218. The molecule has 0 radical (unpaired) electrons. The van der Waals surface area contributed by atoms with Gasteiger partial charge < -0.3 is 15.3 Å². The molecule has 1 fully saturated rings. The number of benzene rings is 1. The average Bonchev–Trinajstić information content (AvgIpc) is 2.75. The SMILES string of the molecule is CSCCC(NC(=O)/C(C#N)=C\N1CCN(S(=O)(=O)c2ccccc2)CC1)C(=O)O. The van der Waals surface area contributed by atoms with Crippen LogP contribution in [0.2, 0.25) is 0 Å². The molecule has 162 valence electrons. The number of carbonyl (C=O) groups is 2. The number of nitrogens with one attached hydrogen (secondary N) is 1. The van der Waals surface area contributed by atoms with Gasteiger partial charge in [0.05, 0.1) is 4.90 Å². The quantitative estimate of drug-likeness (QED) is 0.414. The molecule has 0 bridgehead atoms. The molecule has 2 rings (SSSR count). The van der Waals surface area contributed by atoms with E-state index in [1.165, 1.54) is 34.4 Å². The van der Waals surface area contributed by atoms with Gasteiger partial charge in [0.15, 0.2) is 0 Å². The highest BCUT2D eigenvalue weighted by Gasteiger charge is 2.28. The van der Waals surface area contributed by atoms with Gasteiger partial charge in [0, 0.05) is 32.4 Å². The average molecular weight is 453 g/mol. The number of nitrogens with zero attached hydrogens (tertiary/aromatic N) is 3. The molecular formula is C19H24N4O5S2. The molecule has 11 heteroatoms. The van der Waals surface area contributed by atoms with E-state index >= 15 is 0 Å². The van der Waals surface area contributed by atoms with Crippen molar-refractivity contribution >= 4 is 33.7 Å². The van der Waals surface area contributed by atoms with Crippen LogP contribution in [0.1, 0.15) is 6.42 Å². The van der Waals surface area contributed by atoms with Gasteiger partial charge in [-0.25, -0.2) is 13.2 Å². The molecule has 1 aromatic rings. The molecule has 0 spiro atoms. The molecule has 1 atom stereocenters. The van der Waals surface area contributed by atoms with Crippen molar-refractivity contribution in [3.63, 3.8) is 0 Å². The van der Waals surface area contributed by atoms with Crippen LogP contribution in [0.3, 0.4) is 0 Å². The molecule has 9 nitrogen and oxygen atoms in total. The lowest BCUT2D eigenvalue weighted by Crippen LogP contribution is -2.47. The summed E-state index contributed by atoms with van der Waals surface area (Å²) < 4.78 is 26.7. The van der Waals surface area contributed by atoms with E-state index in [0.717, 1.165) is 0 Å². The van der Waals surface area contributed by atoms with Crippen molar-refractivity contribution in [2.24, 2.45) is 0 Å². The second kappa shape index (κ2) is 11.0. The van der Waals surface area contributed by atoms with Crippen molar-refractivity contribution in [1.29, 1.82) is 5.26 Å². The first-order valence-electron chi connectivity index (χ1n) is 9.23. The standard InChI is InChI=1S/C19H24N4O5S2/c1-29-12-7-17(19(25)26)21-18(24)15(13-20)14-22-8-10-23(11-9-22)30(27,28)16-5-3-2-4-6-16/h2-6,14,17H,7-12H2,1H3,(H,21,24)(H,25,26)/b15-14-. The predicted octanol–water partition coefficient (Wildman–Crippen LogP) is 0.723. The molecule has 0 saturated carbocycles. The molecule has 30 heavy (non-hydrogen) atoms. The Hall–Kier alpha value is -2.55. The Morgan fingerprint density at radius 1 is 1.27 bits per heavy atom. The predicted molar refractivity (Wildman–Crippen MR) is 113 cm³/mol. The lowest BCUT2D eigenvalue weighted by molar-refractivity contribution is -0.141. The summed E-state index contributed by atoms with van der Waals surface area (Å²) in [6.07, 6.45) is 3.44. The van der Waals surface area contributed by atoms with E-state index in [4.69, 9.17) is 0 Å². The van der Waals surface area contributed by atoms with Gasteiger partial charge in [-0.2, -0.15) is 21.3 Å². The van der Waals surface area contributed by atoms with Gasteiger partial charge >= 0.3 is 5.97 Å². The number of aliphatic carboxylic acids is 1. The Morgan fingerprint density at radius 2 is 1.90 bits per heavy atom. The van der Waals surface area contributed by atoms with Crippen molar-refractivity contribution in [1.82, 2.24) is 14.5 Å². The van der Waals surface area contributed by atoms with E-state index in [1.807, 2.05) is 6.26 Å². The third-order valence-corrected chi connectivity index (χ3v) is 7.10. The Labute approximate surface area is 180 Å². The third-order valence-electron chi connectivity index (χ3n) is 4.55. The van der Waals surface area contributed by atoms with Crippen molar-refractivity contribution in [3.05, 3.63) is 42.1 Å². The molecule has 0 aliphatic carbocycles. The fraction of sp³-hybridized carbons (Fsp3) is 0.421.